The molecule has 1 aromatic heterocycles. The molecule has 0 bridgehead atoms. The van der Waals surface area contributed by atoms with Crippen molar-refractivity contribution in [1.82, 2.24) is 14.7 Å². The van der Waals surface area contributed by atoms with Gasteiger partial charge in [-0.25, -0.2) is 0 Å². The first kappa shape index (κ1) is 14.2. The predicted octanol–water partition coefficient (Wildman–Crippen LogP) is 0.830. The summed E-state index contributed by atoms with van der Waals surface area (Å²) in [4.78, 5) is 24.4. The molecule has 0 aliphatic carbocycles. The summed E-state index contributed by atoms with van der Waals surface area (Å²) in [6, 6.07) is 0. The highest BCUT2D eigenvalue weighted by Gasteiger charge is 2.23. The minimum Gasteiger partial charge on any atom is -0.481 e. The van der Waals surface area contributed by atoms with Crippen LogP contribution in [-0.2, 0) is 11.8 Å². The molecule has 0 aliphatic rings. The number of rotatable bonds is 4. The molecule has 0 radical (unpaired) electrons. The van der Waals surface area contributed by atoms with Gasteiger partial charge in [-0.1, -0.05) is 6.92 Å². The molecule has 0 aromatic carbocycles. The van der Waals surface area contributed by atoms with Crippen molar-refractivity contribution in [3.63, 3.8) is 0 Å². The monoisotopic (exact) mass is 253 g/mol. The number of hydrogen-bond acceptors (Lipinski definition) is 3. The van der Waals surface area contributed by atoms with E-state index >= 15 is 0 Å². The van der Waals surface area contributed by atoms with E-state index in [9.17, 15) is 9.59 Å². The Morgan fingerprint density at radius 2 is 2.00 bits per heavy atom. The summed E-state index contributed by atoms with van der Waals surface area (Å²) in [6.45, 7) is 5.35. The summed E-state index contributed by atoms with van der Waals surface area (Å²) in [6.07, 6.45) is 0. The van der Waals surface area contributed by atoms with Crippen LogP contribution >= 0.6 is 0 Å². The summed E-state index contributed by atoms with van der Waals surface area (Å²) < 4.78 is 1.65. The summed E-state index contributed by atoms with van der Waals surface area (Å²) in [5.41, 5.74) is 2.00. The van der Waals surface area contributed by atoms with E-state index in [1.54, 1.807) is 32.6 Å². The standard InChI is InChI=1S/C12H19N3O3/c1-7(12(17)18)6-14(4)11(16)10-8(2)13-15(5)9(10)3/h7H,6H2,1-5H3,(H,17,18). The van der Waals surface area contributed by atoms with Gasteiger partial charge in [0.25, 0.3) is 5.91 Å². The van der Waals surface area contributed by atoms with Gasteiger partial charge in [0.15, 0.2) is 0 Å². The van der Waals surface area contributed by atoms with Crippen molar-refractivity contribution in [1.29, 1.82) is 0 Å². The molecule has 1 heterocycles. The number of aliphatic carboxylic acids is 1. The number of nitrogens with zero attached hydrogens (tertiary/aromatic N) is 3. The lowest BCUT2D eigenvalue weighted by Gasteiger charge is -2.19. The minimum absolute atomic E-state index is 0.182. The maximum absolute atomic E-state index is 12.2. The molecule has 1 unspecified atom stereocenters. The lowest BCUT2D eigenvalue weighted by Crippen LogP contribution is -2.34. The van der Waals surface area contributed by atoms with Crippen LogP contribution in [0.15, 0.2) is 0 Å². The van der Waals surface area contributed by atoms with Crippen molar-refractivity contribution < 1.29 is 14.7 Å². The lowest BCUT2D eigenvalue weighted by atomic mass is 10.1. The second-order valence-corrected chi connectivity index (χ2v) is 4.59. The molecular weight excluding hydrogens is 234 g/mol. The Morgan fingerprint density at radius 1 is 1.44 bits per heavy atom. The molecule has 0 saturated carbocycles. The van der Waals surface area contributed by atoms with E-state index in [4.69, 9.17) is 5.11 Å². The maximum atomic E-state index is 12.2. The van der Waals surface area contributed by atoms with Gasteiger partial charge in [0.2, 0.25) is 0 Å². The molecule has 1 N–H and O–H groups in total. The van der Waals surface area contributed by atoms with E-state index in [1.165, 1.54) is 4.90 Å². The molecule has 0 aliphatic heterocycles. The Hall–Kier alpha value is -1.85. The molecule has 1 atom stereocenters. The van der Waals surface area contributed by atoms with Crippen molar-refractivity contribution in [2.75, 3.05) is 13.6 Å². The van der Waals surface area contributed by atoms with Crippen LogP contribution in [-0.4, -0.2) is 45.3 Å². The largest absolute Gasteiger partial charge is 0.481 e. The highest BCUT2D eigenvalue weighted by molar-refractivity contribution is 5.96. The number of carboxylic acids is 1. The van der Waals surface area contributed by atoms with E-state index in [-0.39, 0.29) is 12.5 Å². The molecular formula is C12H19N3O3. The third kappa shape index (κ3) is 2.69. The molecule has 0 saturated heterocycles. The molecule has 0 fully saturated rings. The van der Waals surface area contributed by atoms with Crippen LogP contribution in [0.1, 0.15) is 28.7 Å². The summed E-state index contributed by atoms with van der Waals surface area (Å²) >= 11 is 0. The Labute approximate surface area is 106 Å². The van der Waals surface area contributed by atoms with Gasteiger partial charge in [0.05, 0.1) is 17.2 Å². The lowest BCUT2D eigenvalue weighted by molar-refractivity contribution is -0.141. The SMILES string of the molecule is Cc1nn(C)c(C)c1C(=O)N(C)CC(C)C(=O)O. The van der Waals surface area contributed by atoms with Crippen LogP contribution in [0.25, 0.3) is 0 Å². The number of carbonyl (C=O) groups is 2. The predicted molar refractivity (Wildman–Crippen MR) is 66.4 cm³/mol. The van der Waals surface area contributed by atoms with Crippen molar-refractivity contribution in [3.05, 3.63) is 17.0 Å². The second-order valence-electron chi connectivity index (χ2n) is 4.59. The van der Waals surface area contributed by atoms with Crippen LogP contribution in [0.2, 0.25) is 0 Å². The zero-order valence-electron chi connectivity index (χ0n) is 11.4. The van der Waals surface area contributed by atoms with Gasteiger partial charge in [-0.05, 0) is 13.8 Å². The average molecular weight is 253 g/mol. The van der Waals surface area contributed by atoms with E-state index in [2.05, 4.69) is 5.10 Å². The second kappa shape index (κ2) is 5.20. The molecule has 6 nitrogen and oxygen atoms in total. The molecule has 18 heavy (non-hydrogen) atoms. The highest BCUT2D eigenvalue weighted by atomic mass is 16.4. The van der Waals surface area contributed by atoms with Crippen molar-refractivity contribution >= 4 is 11.9 Å². The summed E-state index contributed by atoms with van der Waals surface area (Å²) in [7, 11) is 3.38. The normalized spacial score (nSPS) is 12.3. The Morgan fingerprint density at radius 3 is 2.39 bits per heavy atom. The quantitative estimate of drug-likeness (QED) is 0.862. The fourth-order valence-corrected chi connectivity index (χ4v) is 1.85. The van der Waals surface area contributed by atoms with Crippen molar-refractivity contribution in [3.8, 4) is 0 Å². The van der Waals surface area contributed by atoms with E-state index < -0.39 is 11.9 Å². The van der Waals surface area contributed by atoms with Crippen molar-refractivity contribution in [2.24, 2.45) is 13.0 Å². The smallest absolute Gasteiger partial charge is 0.308 e. The molecule has 1 amide bonds. The van der Waals surface area contributed by atoms with Gasteiger partial charge in [-0.15, -0.1) is 0 Å². The summed E-state index contributed by atoms with van der Waals surface area (Å²) in [5, 5.41) is 13.0. The van der Waals surface area contributed by atoms with Crippen LogP contribution in [0, 0.1) is 19.8 Å². The van der Waals surface area contributed by atoms with Crippen LogP contribution in [0.5, 0.6) is 0 Å². The highest BCUT2D eigenvalue weighted by Crippen LogP contribution is 2.14. The van der Waals surface area contributed by atoms with E-state index in [0.29, 0.717) is 11.3 Å². The summed E-state index contributed by atoms with van der Waals surface area (Å²) in [5.74, 6) is -1.68. The zero-order chi connectivity index (χ0) is 14.0. The molecule has 1 rings (SSSR count). The molecule has 1 aromatic rings. The number of hydrogen-bond donors (Lipinski definition) is 1. The number of carboxylic acid groups (broad SMARTS) is 1. The zero-order valence-corrected chi connectivity index (χ0v) is 11.4. The molecule has 100 valence electrons. The van der Waals surface area contributed by atoms with Gasteiger partial charge in [0.1, 0.15) is 0 Å². The number of aromatic nitrogens is 2. The fraction of sp³-hybridized carbons (Fsp3) is 0.583. The number of carbonyl (C=O) groups excluding carboxylic acids is 1. The van der Waals surface area contributed by atoms with Crippen LogP contribution < -0.4 is 0 Å². The van der Waals surface area contributed by atoms with Gasteiger partial charge in [0, 0.05) is 26.3 Å². The maximum Gasteiger partial charge on any atom is 0.308 e. The van der Waals surface area contributed by atoms with Gasteiger partial charge in [-0.3, -0.25) is 14.3 Å². The van der Waals surface area contributed by atoms with E-state index in [0.717, 1.165) is 5.69 Å². The first-order chi connectivity index (χ1) is 8.25. The fourth-order valence-electron chi connectivity index (χ4n) is 1.85. The van der Waals surface area contributed by atoms with Crippen molar-refractivity contribution in [2.45, 2.75) is 20.8 Å². The third-order valence-corrected chi connectivity index (χ3v) is 3.04. The van der Waals surface area contributed by atoms with E-state index in [1.807, 2.05) is 6.92 Å². The van der Waals surface area contributed by atoms with Crippen LogP contribution in [0.4, 0.5) is 0 Å². The Balaban J connectivity index is 2.90. The Bertz CT molecular complexity index is 479. The van der Waals surface area contributed by atoms with Crippen LogP contribution in [0.3, 0.4) is 0 Å². The third-order valence-electron chi connectivity index (χ3n) is 3.04. The number of aryl methyl sites for hydroxylation is 2. The topological polar surface area (TPSA) is 75.4 Å². The Kier molecular flexibility index (Phi) is 4.11. The van der Waals surface area contributed by atoms with Gasteiger partial charge >= 0.3 is 5.97 Å². The first-order valence-corrected chi connectivity index (χ1v) is 5.74. The number of amides is 1. The average Bonchev–Trinajstić information content (AvgIpc) is 2.52. The minimum atomic E-state index is -0.908. The molecule has 0 spiro atoms. The van der Waals surface area contributed by atoms with Gasteiger partial charge in [-0.2, -0.15) is 5.10 Å². The first-order valence-electron chi connectivity index (χ1n) is 5.74. The van der Waals surface area contributed by atoms with Gasteiger partial charge < -0.3 is 10.0 Å². The molecule has 6 heteroatoms.